The molecule has 0 bridgehead atoms. The first-order valence-electron chi connectivity index (χ1n) is 3.55. The van der Waals surface area contributed by atoms with Crippen molar-refractivity contribution in [2.75, 3.05) is 0 Å². The van der Waals surface area contributed by atoms with Crippen molar-refractivity contribution in [3.05, 3.63) is 24.2 Å². The van der Waals surface area contributed by atoms with Crippen LogP contribution in [-0.2, 0) is 7.05 Å². The van der Waals surface area contributed by atoms with Gasteiger partial charge in [-0.2, -0.15) is 5.10 Å². The number of carbonyl (C=O) groups excluding carboxylic acids is 1. The lowest BCUT2D eigenvalue weighted by Crippen LogP contribution is -1.90. The lowest BCUT2D eigenvalue weighted by molar-refractivity contribution is 0.112. The molecule has 0 amide bonds. The molecule has 60 valence electrons. The number of hydrogen-bond donors (Lipinski definition) is 0. The summed E-state index contributed by atoms with van der Waals surface area (Å²) in [5.41, 5.74) is 1.34. The van der Waals surface area contributed by atoms with Gasteiger partial charge in [0.1, 0.15) is 5.69 Å². The van der Waals surface area contributed by atoms with Gasteiger partial charge in [-0.25, -0.2) is 0 Å². The highest BCUT2D eigenvalue weighted by atomic mass is 16.1. The smallest absolute Gasteiger partial charge is 0.170 e. The van der Waals surface area contributed by atoms with Crippen LogP contribution < -0.4 is 0 Å². The molecule has 2 aromatic heterocycles. The third-order valence-electron chi connectivity index (χ3n) is 1.79. The number of nitrogens with zero attached hydrogens (tertiary/aromatic N) is 3. The van der Waals surface area contributed by atoms with Gasteiger partial charge in [0, 0.05) is 18.6 Å². The van der Waals surface area contributed by atoms with Crippen molar-refractivity contribution in [1.29, 1.82) is 0 Å². The van der Waals surface area contributed by atoms with E-state index in [-0.39, 0.29) is 0 Å². The van der Waals surface area contributed by atoms with Crippen molar-refractivity contribution in [1.82, 2.24) is 14.8 Å². The quantitative estimate of drug-likeness (QED) is 0.580. The van der Waals surface area contributed by atoms with Crippen molar-refractivity contribution in [2.24, 2.45) is 7.05 Å². The van der Waals surface area contributed by atoms with Crippen LogP contribution in [0.25, 0.3) is 10.9 Å². The maximum Gasteiger partial charge on any atom is 0.170 e. The van der Waals surface area contributed by atoms with Gasteiger partial charge in [0.05, 0.1) is 11.7 Å². The largest absolute Gasteiger partial charge is 0.296 e. The minimum Gasteiger partial charge on any atom is -0.296 e. The van der Waals surface area contributed by atoms with E-state index in [2.05, 4.69) is 10.1 Å². The zero-order valence-corrected chi connectivity index (χ0v) is 6.56. The molecular formula is C8H7N3O. The summed E-state index contributed by atoms with van der Waals surface area (Å²) in [4.78, 5) is 14.5. The van der Waals surface area contributed by atoms with Gasteiger partial charge in [-0.05, 0) is 6.07 Å². The molecular weight excluding hydrogens is 154 g/mol. The molecule has 0 fully saturated rings. The van der Waals surface area contributed by atoms with Crippen LogP contribution in [-0.4, -0.2) is 21.1 Å². The van der Waals surface area contributed by atoms with E-state index in [4.69, 9.17) is 0 Å². The topological polar surface area (TPSA) is 47.8 Å². The molecule has 0 aliphatic carbocycles. The number of carbonyl (C=O) groups is 1. The Morgan fingerprint density at radius 2 is 2.42 bits per heavy atom. The minimum absolute atomic E-state index is 0.468. The number of fused-ring (bicyclic) bond motifs is 1. The number of aromatic nitrogens is 3. The Morgan fingerprint density at radius 1 is 1.58 bits per heavy atom. The Kier molecular flexibility index (Phi) is 1.40. The molecule has 0 saturated heterocycles. The maximum absolute atomic E-state index is 10.5. The number of rotatable bonds is 1. The zero-order valence-electron chi connectivity index (χ0n) is 6.56. The molecule has 0 N–H and O–H groups in total. The molecule has 0 unspecified atom stereocenters. The predicted octanol–water partition coefficient (Wildman–Crippen LogP) is 0.781. The van der Waals surface area contributed by atoms with Crippen molar-refractivity contribution < 1.29 is 4.79 Å². The van der Waals surface area contributed by atoms with E-state index < -0.39 is 0 Å². The number of aryl methyl sites for hydroxylation is 1. The van der Waals surface area contributed by atoms with Crippen molar-refractivity contribution in [3.63, 3.8) is 0 Å². The van der Waals surface area contributed by atoms with E-state index in [1.807, 2.05) is 0 Å². The van der Waals surface area contributed by atoms with E-state index >= 15 is 0 Å². The molecule has 0 aliphatic rings. The first-order chi connectivity index (χ1) is 5.83. The van der Waals surface area contributed by atoms with Crippen LogP contribution in [0.15, 0.2) is 18.5 Å². The monoisotopic (exact) mass is 161 g/mol. The van der Waals surface area contributed by atoms with Crippen LogP contribution in [0.4, 0.5) is 0 Å². The van der Waals surface area contributed by atoms with E-state index in [0.717, 1.165) is 17.2 Å². The highest BCUT2D eigenvalue weighted by molar-refractivity contribution is 5.94. The van der Waals surface area contributed by atoms with Gasteiger partial charge in [-0.15, -0.1) is 0 Å². The lowest BCUT2D eigenvalue weighted by atomic mass is 10.2. The predicted molar refractivity (Wildman–Crippen MR) is 43.9 cm³/mol. The third kappa shape index (κ3) is 0.812. The van der Waals surface area contributed by atoms with Crippen LogP contribution in [0.1, 0.15) is 10.5 Å². The molecule has 2 rings (SSSR count). The summed E-state index contributed by atoms with van der Waals surface area (Å²) in [6.45, 7) is 0. The maximum atomic E-state index is 10.5. The molecule has 0 radical (unpaired) electrons. The second kappa shape index (κ2) is 2.41. The SMILES string of the molecule is Cn1nc(C=O)c2ccncc21. The molecule has 0 spiro atoms. The van der Waals surface area contributed by atoms with E-state index in [1.54, 1.807) is 30.2 Å². The Morgan fingerprint density at radius 3 is 3.17 bits per heavy atom. The zero-order chi connectivity index (χ0) is 8.55. The van der Waals surface area contributed by atoms with E-state index in [9.17, 15) is 4.79 Å². The van der Waals surface area contributed by atoms with Crippen molar-refractivity contribution in [2.45, 2.75) is 0 Å². The Hall–Kier alpha value is -1.71. The molecule has 0 saturated carbocycles. The lowest BCUT2D eigenvalue weighted by Gasteiger charge is -1.89. The molecule has 0 atom stereocenters. The van der Waals surface area contributed by atoms with Crippen molar-refractivity contribution in [3.8, 4) is 0 Å². The number of hydrogen-bond acceptors (Lipinski definition) is 3. The summed E-state index contributed by atoms with van der Waals surface area (Å²) in [5.74, 6) is 0. The molecule has 4 heteroatoms. The Balaban J connectivity index is 2.91. The van der Waals surface area contributed by atoms with Crippen LogP contribution in [0, 0.1) is 0 Å². The highest BCUT2D eigenvalue weighted by Crippen LogP contribution is 2.13. The summed E-state index contributed by atoms with van der Waals surface area (Å²) >= 11 is 0. The van der Waals surface area contributed by atoms with Crippen LogP contribution in [0.5, 0.6) is 0 Å². The second-order valence-corrected chi connectivity index (χ2v) is 2.52. The van der Waals surface area contributed by atoms with Gasteiger partial charge in [0.15, 0.2) is 6.29 Å². The second-order valence-electron chi connectivity index (χ2n) is 2.52. The van der Waals surface area contributed by atoms with Crippen LogP contribution in [0.2, 0.25) is 0 Å². The fourth-order valence-electron chi connectivity index (χ4n) is 1.22. The molecule has 12 heavy (non-hydrogen) atoms. The van der Waals surface area contributed by atoms with Gasteiger partial charge in [0.25, 0.3) is 0 Å². The van der Waals surface area contributed by atoms with Gasteiger partial charge in [0.2, 0.25) is 0 Å². The molecule has 0 aliphatic heterocycles. The number of aldehydes is 1. The van der Waals surface area contributed by atoms with Crippen LogP contribution >= 0.6 is 0 Å². The van der Waals surface area contributed by atoms with Gasteiger partial charge < -0.3 is 0 Å². The third-order valence-corrected chi connectivity index (χ3v) is 1.79. The highest BCUT2D eigenvalue weighted by Gasteiger charge is 2.05. The Labute approximate surface area is 68.8 Å². The summed E-state index contributed by atoms with van der Waals surface area (Å²) in [6.07, 6.45) is 4.09. The molecule has 0 aromatic carbocycles. The van der Waals surface area contributed by atoms with Gasteiger partial charge in [-0.3, -0.25) is 14.5 Å². The first kappa shape index (κ1) is 6.97. The normalized spacial score (nSPS) is 10.4. The molecule has 4 nitrogen and oxygen atoms in total. The number of pyridine rings is 1. The summed E-state index contributed by atoms with van der Waals surface area (Å²) in [5, 5.41) is 4.87. The van der Waals surface area contributed by atoms with Crippen LogP contribution in [0.3, 0.4) is 0 Å². The Bertz CT molecular complexity index is 433. The van der Waals surface area contributed by atoms with E-state index in [0.29, 0.717) is 5.69 Å². The average molecular weight is 161 g/mol. The summed E-state index contributed by atoms with van der Waals surface area (Å²) in [6, 6.07) is 1.78. The fourth-order valence-corrected chi connectivity index (χ4v) is 1.22. The minimum atomic E-state index is 0.468. The summed E-state index contributed by atoms with van der Waals surface area (Å²) < 4.78 is 1.64. The van der Waals surface area contributed by atoms with E-state index in [1.165, 1.54) is 0 Å². The van der Waals surface area contributed by atoms with Crippen molar-refractivity contribution >= 4 is 17.2 Å². The molecule has 2 aromatic rings. The van der Waals surface area contributed by atoms with Gasteiger partial charge in [-0.1, -0.05) is 0 Å². The standard InChI is InChI=1S/C8H7N3O/c1-11-8-4-9-3-2-6(8)7(5-12)10-11/h2-5H,1H3. The first-order valence-corrected chi connectivity index (χ1v) is 3.55. The molecule has 2 heterocycles. The summed E-state index contributed by atoms with van der Waals surface area (Å²) in [7, 11) is 1.79. The van der Waals surface area contributed by atoms with Gasteiger partial charge >= 0.3 is 0 Å². The fraction of sp³-hybridized carbons (Fsp3) is 0.125. The average Bonchev–Trinajstić information content (AvgIpc) is 2.44.